The molecule has 0 aromatic heterocycles. The van der Waals surface area contributed by atoms with E-state index in [1.54, 1.807) is 26.0 Å². The largest absolute Gasteiger partial charge is 0.493 e. The van der Waals surface area contributed by atoms with Gasteiger partial charge in [-0.3, -0.25) is 4.99 Å². The Kier molecular flexibility index (Phi) is 5.18. The van der Waals surface area contributed by atoms with E-state index in [0.717, 1.165) is 26.9 Å². The fourth-order valence-electron chi connectivity index (χ4n) is 3.01. The molecular weight excluding hydrogens is 364 g/mol. The number of hydrogen-bond acceptors (Lipinski definition) is 5. The second kappa shape index (κ2) is 7.13. The summed E-state index contributed by atoms with van der Waals surface area (Å²) in [6, 6.07) is 5.03. The second-order valence-corrected chi connectivity index (χ2v) is 7.44. The van der Waals surface area contributed by atoms with Crippen molar-refractivity contribution < 1.29 is 9.47 Å². The Morgan fingerprint density at radius 2 is 1.95 bits per heavy atom. The van der Waals surface area contributed by atoms with Crippen LogP contribution in [-0.4, -0.2) is 31.5 Å². The molecule has 1 fully saturated rings. The van der Waals surface area contributed by atoms with Gasteiger partial charge in [-0.05, 0) is 30.5 Å². The molecule has 0 saturated heterocycles. The van der Waals surface area contributed by atoms with Gasteiger partial charge < -0.3 is 14.8 Å². The van der Waals surface area contributed by atoms with E-state index in [1.165, 1.54) is 31.2 Å². The van der Waals surface area contributed by atoms with Crippen molar-refractivity contribution in [2.24, 2.45) is 4.99 Å². The molecule has 1 heterocycles. The quantitative estimate of drug-likeness (QED) is 0.852. The van der Waals surface area contributed by atoms with Gasteiger partial charge in [0.1, 0.15) is 0 Å². The lowest BCUT2D eigenvalue weighted by Crippen LogP contribution is -2.36. The molecule has 0 spiro atoms. The summed E-state index contributed by atoms with van der Waals surface area (Å²) in [5.41, 5.74) is 1.18. The van der Waals surface area contributed by atoms with E-state index in [1.807, 2.05) is 12.1 Å². The molecule has 2 aliphatic rings. The predicted molar refractivity (Wildman–Crippen MR) is 95.2 cm³/mol. The third kappa shape index (κ3) is 3.38. The summed E-state index contributed by atoms with van der Waals surface area (Å²) < 4.78 is 11.7. The number of thioether (sulfide) groups is 1. The summed E-state index contributed by atoms with van der Waals surface area (Å²) in [4.78, 5) is 4.83. The Morgan fingerprint density at radius 1 is 1.23 bits per heavy atom. The minimum atomic E-state index is 0.491. The first-order chi connectivity index (χ1) is 10.7. The van der Waals surface area contributed by atoms with Gasteiger partial charge in [-0.25, -0.2) is 0 Å². The maximum Gasteiger partial charge on any atom is 0.161 e. The van der Waals surface area contributed by atoms with Crippen LogP contribution in [0, 0.1) is 0 Å². The van der Waals surface area contributed by atoms with Crippen molar-refractivity contribution in [2.75, 3.05) is 14.2 Å². The van der Waals surface area contributed by atoms with E-state index in [9.17, 15) is 0 Å². The van der Waals surface area contributed by atoms with Crippen molar-refractivity contribution in [1.29, 1.82) is 0 Å². The molecule has 22 heavy (non-hydrogen) atoms. The maximum atomic E-state index is 5.38. The van der Waals surface area contributed by atoms with E-state index in [2.05, 4.69) is 21.2 Å². The minimum absolute atomic E-state index is 0.491. The third-order valence-electron chi connectivity index (χ3n) is 4.24. The highest BCUT2D eigenvalue weighted by atomic mass is 79.9. The van der Waals surface area contributed by atoms with Crippen molar-refractivity contribution >= 4 is 32.9 Å². The topological polar surface area (TPSA) is 42.8 Å². The lowest BCUT2D eigenvalue weighted by atomic mass is 9.92. The summed E-state index contributed by atoms with van der Waals surface area (Å²) in [6.07, 6.45) is 5.11. The van der Waals surface area contributed by atoms with E-state index in [4.69, 9.17) is 14.5 Å². The Morgan fingerprint density at radius 3 is 2.68 bits per heavy atom. The fraction of sp³-hybridized carbons (Fsp3) is 0.562. The van der Waals surface area contributed by atoms with Crippen LogP contribution in [0.2, 0.25) is 0 Å². The first kappa shape index (κ1) is 16.0. The lowest BCUT2D eigenvalue weighted by Gasteiger charge is -2.23. The molecule has 120 valence electrons. The zero-order valence-corrected chi connectivity index (χ0v) is 15.3. The zero-order chi connectivity index (χ0) is 15.5. The van der Waals surface area contributed by atoms with Gasteiger partial charge in [-0.15, -0.1) is 0 Å². The number of fused-ring (bicyclic) bond motifs is 1. The molecule has 0 radical (unpaired) electrons. The smallest absolute Gasteiger partial charge is 0.161 e. The van der Waals surface area contributed by atoms with E-state index >= 15 is 0 Å². The van der Waals surface area contributed by atoms with Crippen molar-refractivity contribution in [1.82, 2.24) is 5.32 Å². The molecule has 0 unspecified atom stereocenters. The van der Waals surface area contributed by atoms with Crippen LogP contribution in [0.3, 0.4) is 0 Å². The number of nitrogens with zero attached hydrogens (tertiary/aromatic N) is 1. The Balaban J connectivity index is 1.66. The van der Waals surface area contributed by atoms with Crippen LogP contribution in [-0.2, 0) is 5.75 Å². The molecule has 3 rings (SSSR count). The van der Waals surface area contributed by atoms with Crippen LogP contribution < -0.4 is 14.8 Å². The summed E-state index contributed by atoms with van der Waals surface area (Å²) >= 11 is 5.38. The van der Waals surface area contributed by atoms with Gasteiger partial charge in [0.05, 0.1) is 26.3 Å². The number of nitrogens with one attached hydrogen (secondary N) is 1. The zero-order valence-electron chi connectivity index (χ0n) is 12.9. The molecule has 4 nitrogen and oxygen atoms in total. The molecule has 6 heteroatoms. The monoisotopic (exact) mass is 384 g/mol. The van der Waals surface area contributed by atoms with Crippen molar-refractivity contribution in [2.45, 2.75) is 43.5 Å². The number of benzene rings is 1. The Hall–Kier alpha value is -0.880. The molecule has 1 aliphatic carbocycles. The fourth-order valence-corrected chi connectivity index (χ4v) is 4.64. The molecule has 2 atom stereocenters. The average molecular weight is 385 g/mol. The molecule has 0 bridgehead atoms. The Bertz CT molecular complexity index is 580. The number of rotatable bonds is 4. The molecule has 1 aromatic rings. The predicted octanol–water partition coefficient (Wildman–Crippen LogP) is 3.97. The number of aliphatic imine (C=N–C) groups is 1. The van der Waals surface area contributed by atoms with Crippen molar-refractivity contribution in [3.63, 3.8) is 0 Å². The minimum Gasteiger partial charge on any atom is -0.493 e. The summed E-state index contributed by atoms with van der Waals surface area (Å²) in [5.74, 6) is 2.36. The SMILES string of the molecule is COc1cc(Br)c(CSC2=N[C@H]3CCCC[C@@H]3N2)cc1OC. The van der Waals surface area contributed by atoms with Gasteiger partial charge in [0.25, 0.3) is 0 Å². The number of hydrogen-bond donors (Lipinski definition) is 1. The third-order valence-corrected chi connectivity index (χ3v) is 5.93. The number of amidine groups is 1. The van der Waals surface area contributed by atoms with E-state index < -0.39 is 0 Å². The van der Waals surface area contributed by atoms with Gasteiger partial charge in [-0.1, -0.05) is 40.5 Å². The van der Waals surface area contributed by atoms with Crippen molar-refractivity contribution in [3.8, 4) is 11.5 Å². The van der Waals surface area contributed by atoms with Gasteiger partial charge in [0.15, 0.2) is 16.7 Å². The van der Waals surface area contributed by atoms with Crippen LogP contribution in [0.15, 0.2) is 21.6 Å². The molecule has 1 saturated carbocycles. The van der Waals surface area contributed by atoms with Crippen LogP contribution >= 0.6 is 27.7 Å². The first-order valence-corrected chi connectivity index (χ1v) is 9.36. The van der Waals surface area contributed by atoms with E-state index in [0.29, 0.717) is 12.1 Å². The highest BCUT2D eigenvalue weighted by Crippen LogP contribution is 2.35. The second-order valence-electron chi connectivity index (χ2n) is 5.62. The molecule has 0 amide bonds. The van der Waals surface area contributed by atoms with Crippen LogP contribution in [0.5, 0.6) is 11.5 Å². The lowest BCUT2D eigenvalue weighted by molar-refractivity contribution is 0.354. The number of methoxy groups -OCH3 is 2. The van der Waals surface area contributed by atoms with Crippen molar-refractivity contribution in [3.05, 3.63) is 22.2 Å². The Labute approximate surface area is 144 Å². The average Bonchev–Trinajstić information content (AvgIpc) is 2.96. The maximum absolute atomic E-state index is 5.38. The van der Waals surface area contributed by atoms with Crippen LogP contribution in [0.25, 0.3) is 0 Å². The molecule has 1 N–H and O–H groups in total. The summed E-state index contributed by atoms with van der Waals surface area (Å²) in [5, 5.41) is 4.66. The van der Waals surface area contributed by atoms with Gasteiger partial charge >= 0.3 is 0 Å². The first-order valence-electron chi connectivity index (χ1n) is 7.59. The summed E-state index contributed by atoms with van der Waals surface area (Å²) in [7, 11) is 3.31. The van der Waals surface area contributed by atoms with Gasteiger partial charge in [-0.2, -0.15) is 0 Å². The van der Waals surface area contributed by atoms with Gasteiger partial charge in [0.2, 0.25) is 0 Å². The number of ether oxygens (including phenoxy) is 2. The highest BCUT2D eigenvalue weighted by molar-refractivity contribution is 9.10. The summed E-state index contributed by atoms with van der Waals surface area (Å²) in [6.45, 7) is 0. The normalized spacial score (nSPS) is 23.5. The molecule has 1 aliphatic heterocycles. The van der Waals surface area contributed by atoms with E-state index in [-0.39, 0.29) is 0 Å². The number of halogens is 1. The molecule has 1 aromatic carbocycles. The van der Waals surface area contributed by atoms with Gasteiger partial charge in [0, 0.05) is 10.2 Å². The van der Waals surface area contributed by atoms with Crippen LogP contribution in [0.1, 0.15) is 31.2 Å². The van der Waals surface area contributed by atoms with Crippen LogP contribution in [0.4, 0.5) is 0 Å². The standard InChI is InChI=1S/C16H21BrN2O2S/c1-20-14-7-10(11(17)8-15(14)21-2)9-22-16-18-12-5-3-4-6-13(12)19-16/h7-8,12-13H,3-6,9H2,1-2H3,(H,18,19)/t12-,13-/m0/s1. The molecular formula is C16H21BrN2O2S. The highest BCUT2D eigenvalue weighted by Gasteiger charge is 2.30.